The summed E-state index contributed by atoms with van der Waals surface area (Å²) >= 11 is 2.91. The van der Waals surface area contributed by atoms with Gasteiger partial charge in [-0.05, 0) is 18.2 Å². The molecule has 1 aromatic rings. The number of carbonyl (C=O) groups is 1. The van der Waals surface area contributed by atoms with Crippen molar-refractivity contribution in [1.29, 1.82) is 0 Å². The summed E-state index contributed by atoms with van der Waals surface area (Å²) in [7, 11) is 0. The second-order valence-electron chi connectivity index (χ2n) is 2.80. The molecule has 0 bridgehead atoms. The highest BCUT2D eigenvalue weighted by molar-refractivity contribution is 9.10. The minimum absolute atomic E-state index is 0.245. The van der Waals surface area contributed by atoms with E-state index in [2.05, 4.69) is 25.7 Å². The molecular formula is C9H6BrF3O3. The maximum atomic E-state index is 12.5. The number of benzene rings is 1. The van der Waals surface area contributed by atoms with Crippen LogP contribution < -0.4 is 4.89 Å². The molecule has 7 heteroatoms. The molecular weight excluding hydrogens is 293 g/mol. The highest BCUT2D eigenvalue weighted by atomic mass is 79.9. The van der Waals surface area contributed by atoms with Crippen molar-refractivity contribution in [3.05, 3.63) is 28.2 Å². The van der Waals surface area contributed by atoms with Gasteiger partial charge < -0.3 is 0 Å². The van der Waals surface area contributed by atoms with E-state index in [1.54, 1.807) is 0 Å². The van der Waals surface area contributed by atoms with E-state index in [-0.39, 0.29) is 4.47 Å². The standard InChI is InChI=1S/C9H6BrF3O3/c1-5(14)15-16-8-3-2-6(10)4-7(8)9(11,12)13/h2-4H,1H3. The molecule has 1 rings (SSSR count). The quantitative estimate of drug-likeness (QED) is 0.621. The Morgan fingerprint density at radius 2 is 2.00 bits per heavy atom. The molecule has 0 spiro atoms. The maximum Gasteiger partial charge on any atom is 0.420 e. The molecule has 0 aliphatic rings. The Labute approximate surface area is 97.2 Å². The molecule has 0 fully saturated rings. The average Bonchev–Trinajstić information content (AvgIpc) is 2.14. The van der Waals surface area contributed by atoms with Crippen molar-refractivity contribution in [2.45, 2.75) is 13.1 Å². The van der Waals surface area contributed by atoms with Gasteiger partial charge in [-0.1, -0.05) is 15.9 Å². The van der Waals surface area contributed by atoms with Gasteiger partial charge in [0, 0.05) is 11.4 Å². The molecule has 1 aromatic carbocycles. The first-order valence-electron chi connectivity index (χ1n) is 4.02. The summed E-state index contributed by atoms with van der Waals surface area (Å²) in [5, 5.41) is 0. The van der Waals surface area contributed by atoms with Crippen molar-refractivity contribution in [2.24, 2.45) is 0 Å². The molecule has 3 nitrogen and oxygen atoms in total. The van der Waals surface area contributed by atoms with Crippen LogP contribution in [0.1, 0.15) is 12.5 Å². The lowest BCUT2D eigenvalue weighted by atomic mass is 10.2. The van der Waals surface area contributed by atoms with Crippen molar-refractivity contribution in [3.63, 3.8) is 0 Å². The van der Waals surface area contributed by atoms with E-state index in [0.29, 0.717) is 0 Å². The molecule has 0 unspecified atom stereocenters. The Morgan fingerprint density at radius 3 is 2.50 bits per heavy atom. The fourth-order valence-electron chi connectivity index (χ4n) is 0.900. The third-order valence-corrected chi connectivity index (χ3v) is 1.99. The Morgan fingerprint density at radius 1 is 1.38 bits per heavy atom. The van der Waals surface area contributed by atoms with Gasteiger partial charge in [-0.2, -0.15) is 13.2 Å². The zero-order chi connectivity index (χ0) is 12.3. The maximum absolute atomic E-state index is 12.5. The van der Waals surface area contributed by atoms with Crippen LogP contribution in [0.5, 0.6) is 5.75 Å². The van der Waals surface area contributed by atoms with E-state index in [1.807, 2.05) is 0 Å². The van der Waals surface area contributed by atoms with E-state index in [9.17, 15) is 18.0 Å². The van der Waals surface area contributed by atoms with Gasteiger partial charge in [-0.25, -0.2) is 4.79 Å². The fraction of sp³-hybridized carbons (Fsp3) is 0.222. The van der Waals surface area contributed by atoms with Gasteiger partial charge >= 0.3 is 12.1 Å². The normalized spacial score (nSPS) is 11.1. The first kappa shape index (κ1) is 12.8. The molecule has 0 aliphatic carbocycles. The van der Waals surface area contributed by atoms with Crippen LogP contribution in [0.25, 0.3) is 0 Å². The topological polar surface area (TPSA) is 35.5 Å². The van der Waals surface area contributed by atoms with Gasteiger partial charge in [0.25, 0.3) is 0 Å². The molecule has 0 amide bonds. The highest BCUT2D eigenvalue weighted by Gasteiger charge is 2.35. The second kappa shape index (κ2) is 4.73. The Kier molecular flexibility index (Phi) is 3.79. The lowest BCUT2D eigenvalue weighted by molar-refractivity contribution is -0.214. The molecule has 0 heterocycles. The van der Waals surface area contributed by atoms with Gasteiger partial charge in [0.2, 0.25) is 0 Å². The summed E-state index contributed by atoms with van der Waals surface area (Å²) in [6, 6.07) is 3.22. The van der Waals surface area contributed by atoms with Crippen molar-refractivity contribution >= 4 is 21.9 Å². The largest absolute Gasteiger partial charge is 0.420 e. The minimum atomic E-state index is -4.58. The van der Waals surface area contributed by atoms with Gasteiger partial charge in [0.15, 0.2) is 5.75 Å². The van der Waals surface area contributed by atoms with Gasteiger partial charge in [-0.3, -0.25) is 9.78 Å². The molecule has 16 heavy (non-hydrogen) atoms. The van der Waals surface area contributed by atoms with Crippen molar-refractivity contribution in [3.8, 4) is 5.75 Å². The van der Waals surface area contributed by atoms with Crippen LogP contribution in [0.2, 0.25) is 0 Å². The van der Waals surface area contributed by atoms with E-state index < -0.39 is 23.5 Å². The summed E-state index contributed by atoms with van der Waals surface area (Å²) < 4.78 is 37.8. The van der Waals surface area contributed by atoms with Crippen LogP contribution in [-0.4, -0.2) is 5.97 Å². The van der Waals surface area contributed by atoms with Gasteiger partial charge in [0.05, 0.1) is 0 Å². The summed E-state index contributed by atoms with van der Waals surface area (Å²) in [5.74, 6) is -1.40. The number of hydrogen-bond acceptors (Lipinski definition) is 3. The van der Waals surface area contributed by atoms with E-state index in [0.717, 1.165) is 19.1 Å². The molecule has 0 N–H and O–H groups in total. The van der Waals surface area contributed by atoms with Crippen LogP contribution >= 0.6 is 15.9 Å². The molecule has 0 radical (unpaired) electrons. The molecule has 0 saturated carbocycles. The van der Waals surface area contributed by atoms with Gasteiger partial charge in [0.1, 0.15) is 5.56 Å². The number of carbonyl (C=O) groups excluding carboxylic acids is 1. The predicted octanol–water partition coefficient (Wildman–Crippen LogP) is 3.32. The zero-order valence-electron chi connectivity index (χ0n) is 7.97. The minimum Gasteiger partial charge on any atom is -0.286 e. The smallest absolute Gasteiger partial charge is 0.286 e. The first-order chi connectivity index (χ1) is 7.30. The third-order valence-electron chi connectivity index (χ3n) is 1.50. The average molecular weight is 299 g/mol. The Bertz CT molecular complexity index is 403. The van der Waals surface area contributed by atoms with Crippen molar-refractivity contribution in [2.75, 3.05) is 0 Å². The fourth-order valence-corrected chi connectivity index (χ4v) is 1.26. The summed E-state index contributed by atoms with van der Waals surface area (Å²) in [6.45, 7) is 1.02. The van der Waals surface area contributed by atoms with E-state index in [4.69, 9.17) is 0 Å². The third kappa shape index (κ3) is 3.41. The van der Waals surface area contributed by atoms with Crippen LogP contribution in [0, 0.1) is 0 Å². The second-order valence-corrected chi connectivity index (χ2v) is 3.71. The number of halogens is 4. The number of rotatable bonds is 2. The summed E-state index contributed by atoms with van der Waals surface area (Å²) in [4.78, 5) is 18.7. The molecule has 88 valence electrons. The van der Waals surface area contributed by atoms with Crippen molar-refractivity contribution < 1.29 is 27.7 Å². The SMILES string of the molecule is CC(=O)OOc1ccc(Br)cc1C(F)(F)F. The lowest BCUT2D eigenvalue weighted by Gasteiger charge is -2.11. The molecule has 0 aliphatic heterocycles. The molecule has 0 aromatic heterocycles. The Hall–Kier alpha value is -1.24. The van der Waals surface area contributed by atoms with Crippen molar-refractivity contribution in [1.82, 2.24) is 0 Å². The number of alkyl halides is 3. The highest BCUT2D eigenvalue weighted by Crippen LogP contribution is 2.37. The number of hydrogen-bond donors (Lipinski definition) is 0. The summed E-state index contributed by atoms with van der Waals surface area (Å²) in [5.41, 5.74) is -1.02. The van der Waals surface area contributed by atoms with Crippen LogP contribution in [0.4, 0.5) is 13.2 Å². The van der Waals surface area contributed by atoms with Crippen LogP contribution in [0.3, 0.4) is 0 Å². The molecule has 0 saturated heterocycles. The monoisotopic (exact) mass is 298 g/mol. The summed E-state index contributed by atoms with van der Waals surface area (Å²) in [6.07, 6.45) is -4.58. The predicted molar refractivity (Wildman–Crippen MR) is 51.5 cm³/mol. The van der Waals surface area contributed by atoms with Crippen LogP contribution in [-0.2, 0) is 15.9 Å². The van der Waals surface area contributed by atoms with Gasteiger partial charge in [-0.15, -0.1) is 0 Å². The Balaban J connectivity index is 3.03. The lowest BCUT2D eigenvalue weighted by Crippen LogP contribution is -2.10. The van der Waals surface area contributed by atoms with Crippen LogP contribution in [0.15, 0.2) is 22.7 Å². The zero-order valence-corrected chi connectivity index (χ0v) is 9.55. The molecule has 0 atom stereocenters. The van der Waals surface area contributed by atoms with E-state index in [1.165, 1.54) is 6.07 Å². The first-order valence-corrected chi connectivity index (χ1v) is 4.82. The van der Waals surface area contributed by atoms with E-state index >= 15 is 0 Å².